The Kier molecular flexibility index (Phi) is 3.65. The molecule has 0 spiro atoms. The third-order valence-corrected chi connectivity index (χ3v) is 3.68. The molecule has 0 aromatic heterocycles. The fraction of sp³-hybridized carbons (Fsp3) is 0.600. The summed E-state index contributed by atoms with van der Waals surface area (Å²) in [6.07, 6.45) is 2.48. The predicted octanol–water partition coefficient (Wildman–Crippen LogP) is 3.35. The number of benzene rings is 1. The Morgan fingerprint density at radius 2 is 2.06 bits per heavy atom. The Morgan fingerprint density at radius 1 is 1.31 bits per heavy atom. The van der Waals surface area contributed by atoms with Crippen LogP contribution in [-0.2, 0) is 6.42 Å². The number of nitrogens with one attached hydrogen (secondary N) is 1. The topological polar surface area (TPSA) is 12.0 Å². The molecule has 0 bridgehead atoms. The first-order chi connectivity index (χ1) is 7.74. The summed E-state index contributed by atoms with van der Waals surface area (Å²) in [5.74, 6) is 1.45. The predicted molar refractivity (Wildman–Crippen MR) is 69.8 cm³/mol. The van der Waals surface area contributed by atoms with Gasteiger partial charge in [0.1, 0.15) is 0 Å². The molecule has 1 N–H and O–H groups in total. The Hall–Kier alpha value is -0.820. The minimum Gasteiger partial charge on any atom is -0.313 e. The summed E-state index contributed by atoms with van der Waals surface area (Å²) in [6.45, 7) is 8.03. The molecule has 0 heterocycles. The van der Waals surface area contributed by atoms with E-state index in [9.17, 15) is 0 Å². The van der Waals surface area contributed by atoms with Crippen molar-refractivity contribution < 1.29 is 0 Å². The van der Waals surface area contributed by atoms with Gasteiger partial charge in [0.15, 0.2) is 0 Å². The monoisotopic (exact) mass is 217 g/mol. The fourth-order valence-corrected chi connectivity index (χ4v) is 2.77. The lowest BCUT2D eigenvalue weighted by atomic mass is 9.70. The minimum absolute atomic E-state index is 0.648. The van der Waals surface area contributed by atoms with Crippen molar-refractivity contribution in [3.63, 3.8) is 0 Å². The van der Waals surface area contributed by atoms with Crippen LogP contribution in [0.3, 0.4) is 0 Å². The van der Waals surface area contributed by atoms with Crippen LogP contribution in [0.4, 0.5) is 0 Å². The number of fused-ring (bicyclic) bond motifs is 1. The van der Waals surface area contributed by atoms with Crippen LogP contribution in [0.1, 0.15) is 44.2 Å². The number of rotatable bonds is 5. The Balaban J connectivity index is 2.07. The molecular formula is C15H23N. The van der Waals surface area contributed by atoms with Gasteiger partial charge in [0, 0.05) is 12.0 Å². The second-order valence-electron chi connectivity index (χ2n) is 5.23. The van der Waals surface area contributed by atoms with Crippen LogP contribution in [0.15, 0.2) is 24.3 Å². The molecule has 0 saturated carbocycles. The van der Waals surface area contributed by atoms with Crippen LogP contribution in [0.2, 0.25) is 0 Å². The first kappa shape index (κ1) is 11.7. The standard InChI is InChI=1S/C15H23N/c1-4-9-16-15(11(2)3)14-10-12-7-5-6-8-13(12)14/h5-8,11,14-16H,4,9-10H2,1-3H3. The van der Waals surface area contributed by atoms with Crippen LogP contribution in [0, 0.1) is 5.92 Å². The Labute approximate surface area is 99.3 Å². The third kappa shape index (κ3) is 2.15. The van der Waals surface area contributed by atoms with Crippen LogP contribution in [-0.4, -0.2) is 12.6 Å². The molecule has 2 atom stereocenters. The molecule has 1 heteroatoms. The van der Waals surface area contributed by atoms with Gasteiger partial charge in [-0.1, -0.05) is 45.0 Å². The smallest absolute Gasteiger partial charge is 0.0162 e. The van der Waals surface area contributed by atoms with E-state index in [-0.39, 0.29) is 0 Å². The Bertz CT molecular complexity index is 343. The van der Waals surface area contributed by atoms with E-state index in [1.54, 1.807) is 11.1 Å². The first-order valence-corrected chi connectivity index (χ1v) is 6.55. The van der Waals surface area contributed by atoms with E-state index < -0.39 is 0 Å². The zero-order valence-electron chi connectivity index (χ0n) is 10.7. The lowest BCUT2D eigenvalue weighted by Crippen LogP contribution is -2.43. The van der Waals surface area contributed by atoms with Gasteiger partial charge in [-0.25, -0.2) is 0 Å². The molecule has 88 valence electrons. The highest BCUT2D eigenvalue weighted by molar-refractivity contribution is 5.41. The van der Waals surface area contributed by atoms with Gasteiger partial charge in [0.05, 0.1) is 0 Å². The van der Waals surface area contributed by atoms with Crippen LogP contribution < -0.4 is 5.32 Å². The van der Waals surface area contributed by atoms with Crippen molar-refractivity contribution in [3.8, 4) is 0 Å². The molecular weight excluding hydrogens is 194 g/mol. The molecule has 0 saturated heterocycles. The van der Waals surface area contributed by atoms with Crippen molar-refractivity contribution in [1.82, 2.24) is 5.32 Å². The van der Waals surface area contributed by atoms with Crippen molar-refractivity contribution in [2.45, 2.75) is 45.6 Å². The van der Waals surface area contributed by atoms with Crippen LogP contribution in [0.25, 0.3) is 0 Å². The normalized spacial score (nSPS) is 20.4. The van der Waals surface area contributed by atoms with E-state index >= 15 is 0 Å². The largest absolute Gasteiger partial charge is 0.313 e. The van der Waals surface area contributed by atoms with Gasteiger partial charge in [-0.3, -0.25) is 0 Å². The van der Waals surface area contributed by atoms with Gasteiger partial charge in [0.25, 0.3) is 0 Å². The molecule has 1 nitrogen and oxygen atoms in total. The van der Waals surface area contributed by atoms with E-state index in [1.165, 1.54) is 12.8 Å². The SMILES string of the molecule is CCCNC(C(C)C)C1Cc2ccccc21. The molecule has 0 fully saturated rings. The zero-order chi connectivity index (χ0) is 11.5. The maximum Gasteiger partial charge on any atom is 0.0162 e. The van der Waals surface area contributed by atoms with Gasteiger partial charge in [-0.05, 0) is 36.4 Å². The summed E-state index contributed by atoms with van der Waals surface area (Å²) in [5, 5.41) is 3.71. The summed E-state index contributed by atoms with van der Waals surface area (Å²) >= 11 is 0. The highest BCUT2D eigenvalue weighted by Gasteiger charge is 2.33. The van der Waals surface area contributed by atoms with E-state index in [0.29, 0.717) is 12.0 Å². The van der Waals surface area contributed by atoms with E-state index in [2.05, 4.69) is 50.4 Å². The molecule has 1 aliphatic carbocycles. The van der Waals surface area contributed by atoms with Gasteiger partial charge in [-0.2, -0.15) is 0 Å². The van der Waals surface area contributed by atoms with E-state index in [1.807, 2.05) is 0 Å². The van der Waals surface area contributed by atoms with Crippen LogP contribution in [0.5, 0.6) is 0 Å². The van der Waals surface area contributed by atoms with Crippen molar-refractivity contribution in [2.24, 2.45) is 5.92 Å². The van der Waals surface area contributed by atoms with Crippen molar-refractivity contribution in [2.75, 3.05) is 6.54 Å². The number of hydrogen-bond acceptors (Lipinski definition) is 1. The summed E-state index contributed by atoms with van der Waals surface area (Å²) in [7, 11) is 0. The second-order valence-corrected chi connectivity index (χ2v) is 5.23. The lowest BCUT2D eigenvalue weighted by Gasteiger charge is -2.39. The summed E-state index contributed by atoms with van der Waals surface area (Å²) in [6, 6.07) is 9.53. The molecule has 1 aromatic rings. The van der Waals surface area contributed by atoms with E-state index in [0.717, 1.165) is 12.5 Å². The summed E-state index contributed by atoms with van der Waals surface area (Å²) in [5.41, 5.74) is 3.13. The first-order valence-electron chi connectivity index (χ1n) is 6.55. The van der Waals surface area contributed by atoms with E-state index in [4.69, 9.17) is 0 Å². The van der Waals surface area contributed by atoms with Crippen molar-refractivity contribution in [3.05, 3.63) is 35.4 Å². The molecule has 16 heavy (non-hydrogen) atoms. The molecule has 0 amide bonds. The molecule has 1 aromatic carbocycles. The average Bonchev–Trinajstić information content (AvgIpc) is 2.24. The molecule has 0 aliphatic heterocycles. The third-order valence-electron chi connectivity index (χ3n) is 3.68. The fourth-order valence-electron chi connectivity index (χ4n) is 2.77. The molecule has 2 unspecified atom stereocenters. The maximum absolute atomic E-state index is 3.71. The van der Waals surface area contributed by atoms with Gasteiger partial charge in [0.2, 0.25) is 0 Å². The highest BCUT2D eigenvalue weighted by atomic mass is 14.9. The van der Waals surface area contributed by atoms with Gasteiger partial charge >= 0.3 is 0 Å². The molecule has 1 aliphatic rings. The van der Waals surface area contributed by atoms with Gasteiger partial charge in [-0.15, -0.1) is 0 Å². The van der Waals surface area contributed by atoms with Crippen molar-refractivity contribution >= 4 is 0 Å². The number of hydrogen-bond donors (Lipinski definition) is 1. The highest BCUT2D eigenvalue weighted by Crippen LogP contribution is 2.39. The molecule has 2 rings (SSSR count). The summed E-state index contributed by atoms with van der Waals surface area (Å²) in [4.78, 5) is 0. The Morgan fingerprint density at radius 3 is 2.69 bits per heavy atom. The lowest BCUT2D eigenvalue weighted by molar-refractivity contribution is 0.320. The second kappa shape index (κ2) is 5.01. The average molecular weight is 217 g/mol. The quantitative estimate of drug-likeness (QED) is 0.797. The van der Waals surface area contributed by atoms with Crippen molar-refractivity contribution in [1.29, 1.82) is 0 Å². The summed E-state index contributed by atoms with van der Waals surface area (Å²) < 4.78 is 0. The molecule has 0 radical (unpaired) electrons. The maximum atomic E-state index is 3.71. The van der Waals surface area contributed by atoms with Crippen LogP contribution >= 0.6 is 0 Å². The zero-order valence-corrected chi connectivity index (χ0v) is 10.7. The minimum atomic E-state index is 0.648. The van der Waals surface area contributed by atoms with Gasteiger partial charge < -0.3 is 5.32 Å².